The molecular formula is C27H22Cl2FN7O2S2. The SMILES string of the molecule is CC1(C)CC(=O)C2=C(C1)N(c1nnc(SCC(=O)Nc3cccnc3Cl)s1)C(N)=C(C#N)C2c1c(F)cccc1Cl. The summed E-state index contributed by atoms with van der Waals surface area (Å²) in [6.07, 6.45) is 2.13. The van der Waals surface area contributed by atoms with Gasteiger partial charge in [0, 0.05) is 34.5 Å². The first-order valence-electron chi connectivity index (χ1n) is 12.3. The van der Waals surface area contributed by atoms with Crippen LogP contribution in [0.1, 0.15) is 38.2 Å². The number of amides is 1. The lowest BCUT2D eigenvalue weighted by Crippen LogP contribution is -2.42. The van der Waals surface area contributed by atoms with Gasteiger partial charge in [0.05, 0.1) is 29.0 Å². The van der Waals surface area contributed by atoms with Crippen LogP contribution in [-0.2, 0) is 9.59 Å². The quantitative estimate of drug-likeness (QED) is 0.246. The van der Waals surface area contributed by atoms with Gasteiger partial charge < -0.3 is 11.1 Å². The maximum absolute atomic E-state index is 15.2. The zero-order valence-electron chi connectivity index (χ0n) is 21.7. The number of carbonyl (C=O) groups is 2. The van der Waals surface area contributed by atoms with Crippen LogP contribution in [0.4, 0.5) is 15.2 Å². The van der Waals surface area contributed by atoms with Crippen LogP contribution in [0.2, 0.25) is 10.2 Å². The van der Waals surface area contributed by atoms with Gasteiger partial charge in [-0.3, -0.25) is 14.5 Å². The molecule has 1 amide bonds. The lowest BCUT2D eigenvalue weighted by atomic mass is 9.68. The van der Waals surface area contributed by atoms with Crippen molar-refractivity contribution in [2.45, 2.75) is 36.9 Å². The molecule has 0 bridgehead atoms. The number of nitrogens with one attached hydrogen (secondary N) is 1. The highest BCUT2D eigenvalue weighted by atomic mass is 35.5. The van der Waals surface area contributed by atoms with E-state index in [0.717, 1.165) is 23.1 Å². The number of hydrogen-bond acceptors (Lipinski definition) is 10. The van der Waals surface area contributed by atoms with Gasteiger partial charge in [-0.15, -0.1) is 10.2 Å². The Hall–Kier alpha value is -3.50. The second kappa shape index (κ2) is 11.4. The smallest absolute Gasteiger partial charge is 0.234 e. The average molecular weight is 631 g/mol. The summed E-state index contributed by atoms with van der Waals surface area (Å²) in [4.78, 5) is 31.6. The molecule has 14 heteroatoms. The van der Waals surface area contributed by atoms with Crippen molar-refractivity contribution >= 4 is 68.8 Å². The van der Waals surface area contributed by atoms with Crippen LogP contribution in [0.5, 0.6) is 0 Å². The lowest BCUT2D eigenvalue weighted by Gasteiger charge is -2.42. The zero-order valence-corrected chi connectivity index (χ0v) is 24.9. The number of anilines is 2. The van der Waals surface area contributed by atoms with Crippen LogP contribution in [-0.4, -0.2) is 32.6 Å². The van der Waals surface area contributed by atoms with Gasteiger partial charge in [0.1, 0.15) is 11.6 Å². The van der Waals surface area contributed by atoms with Crippen LogP contribution in [0, 0.1) is 22.6 Å². The fourth-order valence-corrected chi connectivity index (χ4v) is 7.07. The summed E-state index contributed by atoms with van der Waals surface area (Å²) in [5.74, 6) is -2.22. The molecule has 1 aromatic carbocycles. The Bertz CT molecular complexity index is 1660. The molecule has 9 nitrogen and oxygen atoms in total. The van der Waals surface area contributed by atoms with Crippen LogP contribution in [0.15, 0.2) is 63.5 Å². The van der Waals surface area contributed by atoms with Crippen molar-refractivity contribution in [3.05, 3.63) is 80.7 Å². The van der Waals surface area contributed by atoms with E-state index in [1.807, 2.05) is 13.8 Å². The van der Waals surface area contributed by atoms with Gasteiger partial charge in [-0.05, 0) is 36.1 Å². The number of halogens is 3. The molecule has 3 N–H and O–H groups in total. The highest BCUT2D eigenvalue weighted by Gasteiger charge is 2.46. The van der Waals surface area contributed by atoms with Crippen molar-refractivity contribution in [3.63, 3.8) is 0 Å². The fraction of sp³-hybridized carbons (Fsp3) is 0.259. The molecule has 1 aliphatic heterocycles. The van der Waals surface area contributed by atoms with Crippen molar-refractivity contribution in [3.8, 4) is 6.07 Å². The third-order valence-electron chi connectivity index (χ3n) is 6.62. The molecule has 2 aromatic heterocycles. The molecule has 1 aliphatic carbocycles. The summed E-state index contributed by atoms with van der Waals surface area (Å²) >= 11 is 14.7. The number of rotatable bonds is 6. The molecule has 0 fully saturated rings. The van der Waals surface area contributed by atoms with E-state index in [1.165, 1.54) is 24.4 Å². The van der Waals surface area contributed by atoms with E-state index in [0.29, 0.717) is 27.3 Å². The first-order valence-corrected chi connectivity index (χ1v) is 14.8. The number of nitriles is 1. The van der Waals surface area contributed by atoms with E-state index in [4.69, 9.17) is 28.9 Å². The summed E-state index contributed by atoms with van der Waals surface area (Å²) < 4.78 is 15.6. The predicted molar refractivity (Wildman–Crippen MR) is 157 cm³/mol. The van der Waals surface area contributed by atoms with E-state index in [2.05, 4.69) is 26.6 Å². The highest BCUT2D eigenvalue weighted by Crippen LogP contribution is 2.52. The highest BCUT2D eigenvalue weighted by molar-refractivity contribution is 8.01. The van der Waals surface area contributed by atoms with E-state index in [9.17, 15) is 14.9 Å². The normalized spacial score (nSPS) is 18.3. The molecule has 0 saturated heterocycles. The number of allylic oxidation sites excluding steroid dienone is 3. The third-order valence-corrected chi connectivity index (χ3v) is 9.29. The molecule has 210 valence electrons. The van der Waals surface area contributed by atoms with Crippen molar-refractivity contribution < 1.29 is 14.0 Å². The second-order valence-electron chi connectivity index (χ2n) is 10.1. The van der Waals surface area contributed by atoms with E-state index >= 15 is 4.39 Å². The topological polar surface area (TPSA) is 138 Å². The van der Waals surface area contributed by atoms with Crippen molar-refractivity contribution in [1.29, 1.82) is 5.26 Å². The maximum atomic E-state index is 15.2. The lowest BCUT2D eigenvalue weighted by molar-refractivity contribution is -0.118. The molecule has 3 heterocycles. The number of ketones is 1. The second-order valence-corrected chi connectivity index (χ2v) is 13.1. The molecule has 5 rings (SSSR count). The number of benzene rings is 1. The van der Waals surface area contributed by atoms with Crippen molar-refractivity contribution in [1.82, 2.24) is 15.2 Å². The number of hydrogen-bond donors (Lipinski definition) is 2. The van der Waals surface area contributed by atoms with Crippen molar-refractivity contribution in [2.24, 2.45) is 11.1 Å². The standard InChI is InChI=1S/C27H22Cl2FN7O2S2/c1-27(2)9-17-22(18(38)10-27)20(21-14(28)5-3-6-15(21)30)13(11-31)24(32)37(17)25-35-36-26(41-25)40-12-19(39)34-16-7-4-8-33-23(16)29/h3-8,20H,9-10,12,32H2,1-2H3,(H,34,39). The van der Waals surface area contributed by atoms with Gasteiger partial charge in [-0.25, -0.2) is 9.37 Å². The summed E-state index contributed by atoms with van der Waals surface area (Å²) in [6.45, 7) is 3.90. The van der Waals surface area contributed by atoms with Gasteiger partial charge in [0.25, 0.3) is 0 Å². The minimum absolute atomic E-state index is 0.0118. The molecule has 0 radical (unpaired) electrons. The van der Waals surface area contributed by atoms with E-state index < -0.39 is 17.2 Å². The number of pyridine rings is 1. The number of nitrogens with two attached hydrogens (primary N) is 1. The van der Waals surface area contributed by atoms with Gasteiger partial charge >= 0.3 is 0 Å². The molecular weight excluding hydrogens is 608 g/mol. The van der Waals surface area contributed by atoms with Gasteiger partial charge in [0.15, 0.2) is 15.3 Å². The monoisotopic (exact) mass is 629 g/mol. The Kier molecular flexibility index (Phi) is 8.07. The van der Waals surface area contributed by atoms with Crippen LogP contribution >= 0.6 is 46.3 Å². The van der Waals surface area contributed by atoms with Gasteiger partial charge in [-0.1, -0.05) is 66.2 Å². The van der Waals surface area contributed by atoms with E-state index in [1.54, 1.807) is 17.0 Å². The Morgan fingerprint density at radius 1 is 1.29 bits per heavy atom. The molecule has 2 aliphatic rings. The van der Waals surface area contributed by atoms with Gasteiger partial charge in [0.2, 0.25) is 11.0 Å². The van der Waals surface area contributed by atoms with Crippen LogP contribution < -0.4 is 16.0 Å². The Balaban J connectivity index is 1.50. The van der Waals surface area contributed by atoms with E-state index in [-0.39, 0.29) is 56.6 Å². The minimum Gasteiger partial charge on any atom is -0.384 e. The fourth-order valence-electron chi connectivity index (χ4n) is 4.95. The molecule has 1 atom stereocenters. The average Bonchev–Trinajstić information content (AvgIpc) is 3.36. The third kappa shape index (κ3) is 5.67. The molecule has 41 heavy (non-hydrogen) atoms. The molecule has 3 aromatic rings. The maximum Gasteiger partial charge on any atom is 0.234 e. The number of aromatic nitrogens is 3. The summed E-state index contributed by atoms with van der Waals surface area (Å²) in [5, 5.41) is 21.9. The number of thioether (sulfide) groups is 1. The molecule has 0 spiro atoms. The summed E-state index contributed by atoms with van der Waals surface area (Å²) in [7, 11) is 0. The van der Waals surface area contributed by atoms with Crippen LogP contribution in [0.3, 0.4) is 0 Å². The first-order chi connectivity index (χ1) is 19.5. The van der Waals surface area contributed by atoms with Gasteiger partial charge in [-0.2, -0.15) is 5.26 Å². The summed E-state index contributed by atoms with van der Waals surface area (Å²) in [5.41, 5.74) is 7.34. The zero-order chi connectivity index (χ0) is 29.5. The Morgan fingerprint density at radius 2 is 2.07 bits per heavy atom. The minimum atomic E-state index is -1.06. The van der Waals surface area contributed by atoms with Crippen LogP contribution in [0.25, 0.3) is 0 Å². The predicted octanol–water partition coefficient (Wildman–Crippen LogP) is 6.05. The summed E-state index contributed by atoms with van der Waals surface area (Å²) in [6, 6.07) is 9.60. The Morgan fingerprint density at radius 3 is 2.78 bits per heavy atom. The van der Waals surface area contributed by atoms with Crippen molar-refractivity contribution in [2.75, 3.05) is 16.0 Å². The largest absolute Gasteiger partial charge is 0.384 e. The number of Topliss-reactive ketones (excluding diaryl/α,β-unsaturated/α-hetero) is 1. The first kappa shape index (κ1) is 29.0. The number of carbonyl (C=O) groups excluding carboxylic acids is 2. The number of nitrogens with zero attached hydrogens (tertiary/aromatic N) is 5. The molecule has 0 saturated carbocycles. The Labute approximate surface area is 253 Å². The molecule has 1 unspecified atom stereocenters.